The number of benzene rings is 1. The van der Waals surface area contributed by atoms with Gasteiger partial charge in [-0.3, -0.25) is 4.79 Å². The quantitative estimate of drug-likeness (QED) is 0.594. The molecule has 8 heteroatoms. The molecule has 0 fully saturated rings. The Hall–Kier alpha value is -3.39. The van der Waals surface area contributed by atoms with Gasteiger partial charge in [-0.1, -0.05) is 12.1 Å². The van der Waals surface area contributed by atoms with Crippen LogP contribution in [0.5, 0.6) is 11.5 Å². The van der Waals surface area contributed by atoms with Crippen LogP contribution >= 0.6 is 0 Å². The van der Waals surface area contributed by atoms with Crippen molar-refractivity contribution in [3.05, 3.63) is 66.1 Å². The Morgan fingerprint density at radius 2 is 1.86 bits per heavy atom. The Morgan fingerprint density at radius 3 is 2.50 bits per heavy atom. The lowest BCUT2D eigenvalue weighted by Gasteiger charge is -2.08. The molecule has 3 rings (SSSR count). The molecule has 0 amide bonds. The summed E-state index contributed by atoms with van der Waals surface area (Å²) in [6.45, 7) is 0.433. The van der Waals surface area contributed by atoms with Gasteiger partial charge < -0.3 is 19.9 Å². The van der Waals surface area contributed by atoms with E-state index in [9.17, 15) is 4.79 Å². The van der Waals surface area contributed by atoms with Gasteiger partial charge in [-0.15, -0.1) is 0 Å². The number of pyridine rings is 1. The minimum absolute atomic E-state index is 0.294. The fourth-order valence-corrected chi connectivity index (χ4v) is 2.54. The molecule has 1 atom stereocenters. The van der Waals surface area contributed by atoms with Crippen LogP contribution in [0.25, 0.3) is 5.82 Å². The maximum absolute atomic E-state index is 11.4. The molecule has 2 heterocycles. The molecule has 0 aliphatic rings. The molecule has 146 valence electrons. The maximum atomic E-state index is 11.4. The molecule has 0 saturated heterocycles. The summed E-state index contributed by atoms with van der Waals surface area (Å²) < 4.78 is 17.1. The number of hydrogen-bond donors (Lipinski definition) is 1. The molecule has 0 radical (unpaired) electrons. The molecule has 0 spiro atoms. The van der Waals surface area contributed by atoms with E-state index in [4.69, 9.17) is 15.2 Å². The van der Waals surface area contributed by atoms with Gasteiger partial charge in [0.15, 0.2) is 5.82 Å². The van der Waals surface area contributed by atoms with E-state index in [2.05, 4.69) is 14.8 Å². The number of nitrogens with two attached hydrogens (primary N) is 1. The third-order valence-electron chi connectivity index (χ3n) is 4.10. The van der Waals surface area contributed by atoms with Crippen LogP contribution in [0, 0.1) is 0 Å². The molecule has 8 nitrogen and oxygen atoms in total. The summed E-state index contributed by atoms with van der Waals surface area (Å²) in [4.78, 5) is 15.8. The van der Waals surface area contributed by atoms with Crippen molar-refractivity contribution >= 4 is 5.97 Å². The van der Waals surface area contributed by atoms with Gasteiger partial charge in [0.25, 0.3) is 0 Å². The second-order valence-electron chi connectivity index (χ2n) is 6.07. The van der Waals surface area contributed by atoms with Crippen LogP contribution in [-0.2, 0) is 22.6 Å². The highest BCUT2D eigenvalue weighted by atomic mass is 16.5. The van der Waals surface area contributed by atoms with E-state index in [1.54, 1.807) is 36.3 Å². The normalized spacial score (nSPS) is 11.7. The molecule has 3 aromatic rings. The zero-order chi connectivity index (χ0) is 19.9. The van der Waals surface area contributed by atoms with Gasteiger partial charge in [-0.25, -0.2) is 9.67 Å². The molecular weight excluding hydrogens is 360 g/mol. The van der Waals surface area contributed by atoms with Gasteiger partial charge in [0.05, 0.1) is 26.1 Å². The molecule has 1 aromatic carbocycles. The maximum Gasteiger partial charge on any atom is 0.323 e. The van der Waals surface area contributed by atoms with Crippen LogP contribution in [-0.4, -0.2) is 41.0 Å². The van der Waals surface area contributed by atoms with Crippen molar-refractivity contribution in [2.45, 2.75) is 19.1 Å². The smallest absolute Gasteiger partial charge is 0.323 e. The van der Waals surface area contributed by atoms with E-state index in [1.807, 2.05) is 30.3 Å². The van der Waals surface area contributed by atoms with Crippen molar-refractivity contribution in [1.82, 2.24) is 14.8 Å². The molecule has 28 heavy (non-hydrogen) atoms. The average molecular weight is 382 g/mol. The number of rotatable bonds is 8. The van der Waals surface area contributed by atoms with E-state index in [0.717, 1.165) is 11.3 Å². The summed E-state index contributed by atoms with van der Waals surface area (Å²) in [6, 6.07) is 12.4. The summed E-state index contributed by atoms with van der Waals surface area (Å²) in [6.07, 6.45) is 3.70. The van der Waals surface area contributed by atoms with Crippen molar-refractivity contribution in [1.29, 1.82) is 0 Å². The van der Waals surface area contributed by atoms with Gasteiger partial charge in [-0.2, -0.15) is 5.10 Å². The average Bonchev–Trinajstić information content (AvgIpc) is 3.20. The van der Waals surface area contributed by atoms with Crippen molar-refractivity contribution in [2.24, 2.45) is 5.73 Å². The first kappa shape index (κ1) is 19.4. The molecule has 2 N–H and O–H groups in total. The van der Waals surface area contributed by atoms with Gasteiger partial charge in [0, 0.05) is 12.6 Å². The Kier molecular flexibility index (Phi) is 6.23. The zero-order valence-corrected chi connectivity index (χ0v) is 15.7. The predicted molar refractivity (Wildman–Crippen MR) is 102 cm³/mol. The molecule has 1 unspecified atom stereocenters. The fraction of sp³-hybridized carbons (Fsp3) is 0.250. The van der Waals surface area contributed by atoms with E-state index >= 15 is 0 Å². The third-order valence-corrected chi connectivity index (χ3v) is 4.10. The number of esters is 1. The van der Waals surface area contributed by atoms with Gasteiger partial charge in [-0.05, 0) is 35.9 Å². The molecule has 0 saturated carbocycles. The summed E-state index contributed by atoms with van der Waals surface area (Å²) in [7, 11) is 2.94. The van der Waals surface area contributed by atoms with Crippen LogP contribution in [0.3, 0.4) is 0 Å². The Balaban J connectivity index is 1.58. The fourth-order valence-electron chi connectivity index (χ4n) is 2.54. The van der Waals surface area contributed by atoms with Crippen LogP contribution in [0.4, 0.5) is 0 Å². The minimum atomic E-state index is -0.741. The highest BCUT2D eigenvalue weighted by molar-refractivity contribution is 5.75. The second-order valence-corrected chi connectivity index (χ2v) is 6.07. The van der Waals surface area contributed by atoms with Crippen molar-refractivity contribution < 1.29 is 19.0 Å². The number of carbonyl (C=O) groups is 1. The Labute approximate surface area is 162 Å². The minimum Gasteiger partial charge on any atom is -0.497 e. The predicted octanol–water partition coefficient (Wildman–Crippen LogP) is 1.90. The summed E-state index contributed by atoms with van der Waals surface area (Å²) in [5.41, 5.74) is 7.47. The van der Waals surface area contributed by atoms with Crippen molar-refractivity contribution in [2.75, 3.05) is 14.2 Å². The number of carbonyl (C=O) groups excluding carboxylic acids is 1. The number of nitrogens with zero attached hydrogens (tertiary/aromatic N) is 3. The summed E-state index contributed by atoms with van der Waals surface area (Å²) in [5, 5.41) is 4.39. The Bertz CT molecular complexity index is 907. The SMILES string of the molecule is COC(=O)C(N)Cc1ccn(-c2ccc(OCc3ccc(OC)cc3)cn2)n1. The zero-order valence-electron chi connectivity index (χ0n) is 15.7. The monoisotopic (exact) mass is 382 g/mol. The van der Waals surface area contributed by atoms with Crippen molar-refractivity contribution in [3.63, 3.8) is 0 Å². The standard InChI is InChI=1S/C20H22N4O4/c1-26-16-5-3-14(4-6-16)13-28-17-7-8-19(22-12-17)24-10-9-15(23-24)11-18(21)20(25)27-2/h3-10,12,18H,11,13,21H2,1-2H3. The highest BCUT2D eigenvalue weighted by Gasteiger charge is 2.16. The summed E-state index contributed by atoms with van der Waals surface area (Å²) in [5.74, 6) is 1.63. The first-order valence-electron chi connectivity index (χ1n) is 8.69. The highest BCUT2D eigenvalue weighted by Crippen LogP contribution is 2.16. The molecular formula is C20H22N4O4. The number of hydrogen-bond acceptors (Lipinski definition) is 7. The third kappa shape index (κ3) is 4.86. The lowest BCUT2D eigenvalue weighted by atomic mass is 10.2. The first-order valence-corrected chi connectivity index (χ1v) is 8.69. The number of ether oxygens (including phenoxy) is 3. The molecule has 0 bridgehead atoms. The van der Waals surface area contributed by atoms with Gasteiger partial charge >= 0.3 is 5.97 Å². The van der Waals surface area contributed by atoms with Crippen LogP contribution in [0.1, 0.15) is 11.3 Å². The molecule has 0 aliphatic heterocycles. The van der Waals surface area contributed by atoms with Crippen LogP contribution in [0.15, 0.2) is 54.9 Å². The Morgan fingerprint density at radius 1 is 1.11 bits per heavy atom. The molecule has 0 aliphatic carbocycles. The van der Waals surface area contributed by atoms with Gasteiger partial charge in [0.2, 0.25) is 0 Å². The molecule has 2 aromatic heterocycles. The van der Waals surface area contributed by atoms with E-state index in [0.29, 0.717) is 30.3 Å². The van der Waals surface area contributed by atoms with E-state index < -0.39 is 12.0 Å². The van der Waals surface area contributed by atoms with Crippen LogP contribution in [0.2, 0.25) is 0 Å². The second kappa shape index (κ2) is 9.01. The number of methoxy groups -OCH3 is 2. The summed E-state index contributed by atoms with van der Waals surface area (Å²) >= 11 is 0. The van der Waals surface area contributed by atoms with Gasteiger partial charge in [0.1, 0.15) is 24.1 Å². The van der Waals surface area contributed by atoms with E-state index in [1.165, 1.54) is 7.11 Å². The lowest BCUT2D eigenvalue weighted by Crippen LogP contribution is -2.33. The van der Waals surface area contributed by atoms with Crippen LogP contribution < -0.4 is 15.2 Å². The number of aromatic nitrogens is 3. The largest absolute Gasteiger partial charge is 0.497 e. The topological polar surface area (TPSA) is 101 Å². The lowest BCUT2D eigenvalue weighted by molar-refractivity contribution is -0.142. The van der Waals surface area contributed by atoms with E-state index in [-0.39, 0.29) is 0 Å². The first-order chi connectivity index (χ1) is 13.6. The van der Waals surface area contributed by atoms with Crippen molar-refractivity contribution in [3.8, 4) is 17.3 Å².